The number of allylic oxidation sites excluding steroid dienone is 2. The van der Waals surface area contributed by atoms with E-state index in [2.05, 4.69) is 46.8 Å². The Labute approximate surface area is 164 Å². The summed E-state index contributed by atoms with van der Waals surface area (Å²) in [5, 5.41) is 0. The molecule has 0 aromatic heterocycles. The van der Waals surface area contributed by atoms with Crippen LogP contribution in [-0.4, -0.2) is 18.3 Å². The zero-order chi connectivity index (χ0) is 19.3. The third kappa shape index (κ3) is 9.60. The van der Waals surface area contributed by atoms with Gasteiger partial charge in [-0.25, -0.2) is 0 Å². The van der Waals surface area contributed by atoms with Gasteiger partial charge >= 0.3 is 7.12 Å². The van der Waals surface area contributed by atoms with Crippen molar-refractivity contribution in [2.75, 3.05) is 0 Å². The van der Waals surface area contributed by atoms with Crippen molar-refractivity contribution in [3.8, 4) is 0 Å². The Morgan fingerprint density at radius 1 is 0.615 bits per heavy atom. The Hall–Kier alpha value is -0.275. The molecule has 1 aliphatic heterocycles. The summed E-state index contributed by atoms with van der Waals surface area (Å²) in [4.78, 5) is 0. The number of unbranched alkanes of at least 4 members (excludes halogenated alkanes) is 11. The van der Waals surface area contributed by atoms with Crippen LogP contribution < -0.4 is 0 Å². The molecule has 3 heteroatoms. The smallest absolute Gasteiger partial charge is 0.403 e. The van der Waals surface area contributed by atoms with E-state index < -0.39 is 0 Å². The van der Waals surface area contributed by atoms with Crippen molar-refractivity contribution >= 4 is 7.12 Å². The summed E-state index contributed by atoms with van der Waals surface area (Å²) in [6, 6.07) is 0. The molecule has 0 radical (unpaired) electrons. The Bertz CT molecular complexity index is 360. The van der Waals surface area contributed by atoms with Crippen molar-refractivity contribution < 1.29 is 9.31 Å². The second-order valence-corrected chi connectivity index (χ2v) is 9.06. The van der Waals surface area contributed by atoms with E-state index in [4.69, 9.17) is 9.31 Å². The topological polar surface area (TPSA) is 18.5 Å². The van der Waals surface area contributed by atoms with Gasteiger partial charge in [0.2, 0.25) is 0 Å². The van der Waals surface area contributed by atoms with Crippen LogP contribution in [0.3, 0.4) is 0 Å². The van der Waals surface area contributed by atoms with Crippen LogP contribution in [0.2, 0.25) is 6.32 Å². The van der Waals surface area contributed by atoms with Crippen molar-refractivity contribution in [2.45, 2.75) is 136 Å². The Kier molecular flexibility index (Phi) is 11.9. The van der Waals surface area contributed by atoms with E-state index in [9.17, 15) is 0 Å². The quantitative estimate of drug-likeness (QED) is 0.168. The summed E-state index contributed by atoms with van der Waals surface area (Å²) < 4.78 is 12.1. The zero-order valence-corrected chi connectivity index (χ0v) is 18.4. The molecule has 0 amide bonds. The molecule has 0 atom stereocenters. The molecule has 2 nitrogen and oxygen atoms in total. The van der Waals surface area contributed by atoms with Gasteiger partial charge in [-0.1, -0.05) is 76.9 Å². The van der Waals surface area contributed by atoms with Gasteiger partial charge in [0.15, 0.2) is 0 Å². The minimum atomic E-state index is -0.181. The Morgan fingerprint density at radius 3 is 1.54 bits per heavy atom. The molecular weight excluding hydrogens is 319 g/mol. The molecule has 1 heterocycles. The van der Waals surface area contributed by atoms with Crippen LogP contribution in [0.1, 0.15) is 118 Å². The summed E-state index contributed by atoms with van der Waals surface area (Å²) in [5.41, 5.74) is -0.362. The minimum absolute atomic E-state index is 0.00935. The molecule has 1 rings (SSSR count). The number of hydrogen-bond donors (Lipinski definition) is 0. The van der Waals surface area contributed by atoms with Crippen LogP contribution in [0.15, 0.2) is 12.2 Å². The van der Waals surface area contributed by atoms with E-state index in [0.29, 0.717) is 0 Å². The van der Waals surface area contributed by atoms with E-state index >= 15 is 0 Å². The first-order valence-corrected chi connectivity index (χ1v) is 11.4. The van der Waals surface area contributed by atoms with E-state index in [-0.39, 0.29) is 18.3 Å². The normalized spacial score (nSPS) is 18.9. The van der Waals surface area contributed by atoms with E-state index in [1.165, 1.54) is 83.5 Å². The standard InChI is InChI=1S/C23H45BO2/c1-6-7-8-9-10-11-12-13-14-15-16-17-18-19-20-21-24-25-22(2,3)23(4,5)26-24/h13-14H,6-12,15-21H2,1-5H3/b14-13-. The highest BCUT2D eigenvalue weighted by Crippen LogP contribution is 2.38. The molecule has 0 unspecified atom stereocenters. The molecule has 0 aliphatic carbocycles. The van der Waals surface area contributed by atoms with Gasteiger partial charge in [0, 0.05) is 0 Å². The van der Waals surface area contributed by atoms with Crippen molar-refractivity contribution in [3.63, 3.8) is 0 Å². The SMILES string of the molecule is CCCCCCCC/C=C\CCCCCCCB1OC(C)(C)C(C)(C)O1. The molecule has 1 saturated heterocycles. The van der Waals surface area contributed by atoms with Crippen LogP contribution in [-0.2, 0) is 9.31 Å². The molecule has 26 heavy (non-hydrogen) atoms. The monoisotopic (exact) mass is 364 g/mol. The Balaban J connectivity index is 1.86. The van der Waals surface area contributed by atoms with Crippen molar-refractivity contribution in [1.29, 1.82) is 0 Å². The van der Waals surface area contributed by atoms with Crippen molar-refractivity contribution in [2.24, 2.45) is 0 Å². The molecule has 0 saturated carbocycles. The van der Waals surface area contributed by atoms with E-state index in [1.807, 2.05) is 0 Å². The third-order valence-corrected chi connectivity index (χ3v) is 6.00. The van der Waals surface area contributed by atoms with Crippen LogP contribution >= 0.6 is 0 Å². The van der Waals surface area contributed by atoms with Gasteiger partial charge in [-0.3, -0.25) is 0 Å². The number of rotatable bonds is 15. The fraction of sp³-hybridized carbons (Fsp3) is 0.913. The van der Waals surface area contributed by atoms with Gasteiger partial charge in [0.1, 0.15) is 0 Å². The molecule has 1 aliphatic rings. The maximum atomic E-state index is 6.05. The lowest BCUT2D eigenvalue weighted by Gasteiger charge is -2.32. The molecule has 0 N–H and O–H groups in total. The largest absolute Gasteiger partial charge is 0.457 e. The predicted molar refractivity (Wildman–Crippen MR) is 116 cm³/mol. The Morgan fingerprint density at radius 2 is 1.04 bits per heavy atom. The van der Waals surface area contributed by atoms with Gasteiger partial charge in [0.25, 0.3) is 0 Å². The lowest BCUT2D eigenvalue weighted by atomic mass is 9.82. The second-order valence-electron chi connectivity index (χ2n) is 9.06. The number of hydrogen-bond acceptors (Lipinski definition) is 2. The van der Waals surface area contributed by atoms with Crippen LogP contribution in [0.5, 0.6) is 0 Å². The summed E-state index contributed by atoms with van der Waals surface area (Å²) in [7, 11) is -0.00935. The molecular formula is C23H45BO2. The third-order valence-electron chi connectivity index (χ3n) is 6.00. The van der Waals surface area contributed by atoms with Crippen LogP contribution in [0.25, 0.3) is 0 Å². The van der Waals surface area contributed by atoms with Crippen LogP contribution in [0, 0.1) is 0 Å². The van der Waals surface area contributed by atoms with Crippen molar-refractivity contribution in [1.82, 2.24) is 0 Å². The maximum Gasteiger partial charge on any atom is 0.457 e. The molecule has 0 aromatic carbocycles. The van der Waals surface area contributed by atoms with Gasteiger partial charge in [-0.15, -0.1) is 0 Å². The van der Waals surface area contributed by atoms with Gasteiger partial charge in [0.05, 0.1) is 11.2 Å². The van der Waals surface area contributed by atoms with Gasteiger partial charge < -0.3 is 9.31 Å². The molecule has 0 aromatic rings. The highest BCUT2D eigenvalue weighted by molar-refractivity contribution is 6.45. The summed E-state index contributed by atoms with van der Waals surface area (Å²) in [6.45, 7) is 10.8. The lowest BCUT2D eigenvalue weighted by Crippen LogP contribution is -2.41. The van der Waals surface area contributed by atoms with E-state index in [0.717, 1.165) is 6.32 Å². The van der Waals surface area contributed by atoms with E-state index in [1.54, 1.807) is 0 Å². The van der Waals surface area contributed by atoms with Crippen LogP contribution in [0.4, 0.5) is 0 Å². The molecule has 1 fully saturated rings. The first-order valence-electron chi connectivity index (χ1n) is 11.4. The summed E-state index contributed by atoms with van der Waals surface area (Å²) >= 11 is 0. The second kappa shape index (κ2) is 13.0. The first-order chi connectivity index (χ1) is 12.4. The fourth-order valence-corrected chi connectivity index (χ4v) is 3.46. The van der Waals surface area contributed by atoms with Crippen molar-refractivity contribution in [3.05, 3.63) is 12.2 Å². The summed E-state index contributed by atoms with van der Waals surface area (Å²) in [5.74, 6) is 0. The lowest BCUT2D eigenvalue weighted by molar-refractivity contribution is 0.00578. The van der Waals surface area contributed by atoms with Gasteiger partial charge in [-0.05, 0) is 59.7 Å². The first kappa shape index (κ1) is 23.8. The fourth-order valence-electron chi connectivity index (χ4n) is 3.46. The molecule has 152 valence electrons. The maximum absolute atomic E-state index is 6.05. The highest BCUT2D eigenvalue weighted by atomic mass is 16.7. The average Bonchev–Trinajstić information content (AvgIpc) is 2.78. The zero-order valence-electron chi connectivity index (χ0n) is 18.4. The minimum Gasteiger partial charge on any atom is -0.403 e. The molecule has 0 spiro atoms. The predicted octanol–water partition coefficient (Wildman–Crippen LogP) is 7.73. The summed E-state index contributed by atoms with van der Waals surface area (Å²) in [6.07, 6.45) is 23.3. The van der Waals surface area contributed by atoms with Gasteiger partial charge in [-0.2, -0.15) is 0 Å². The molecule has 0 bridgehead atoms. The average molecular weight is 364 g/mol. The highest BCUT2D eigenvalue weighted by Gasteiger charge is 2.50.